The molecule has 0 bridgehead atoms. The van der Waals surface area contributed by atoms with Crippen molar-refractivity contribution in [1.29, 1.82) is 0 Å². The molecular formula is C29H34N2O5. The van der Waals surface area contributed by atoms with Crippen LogP contribution in [0, 0.1) is 0 Å². The number of carbonyl (C=O) groups is 2. The average Bonchev–Trinajstić information content (AvgIpc) is 3.44. The third kappa shape index (κ3) is 5.79. The Morgan fingerprint density at radius 1 is 1.14 bits per heavy atom. The molecule has 7 nitrogen and oxygen atoms in total. The number of benzene rings is 2. The Bertz CT molecular complexity index is 1250. The predicted octanol–water partition coefficient (Wildman–Crippen LogP) is 5.78. The number of hydrogen-bond acceptors (Lipinski definition) is 5. The first kappa shape index (κ1) is 25.5. The van der Waals surface area contributed by atoms with Crippen molar-refractivity contribution in [1.82, 2.24) is 9.47 Å². The molecule has 2 aromatic carbocycles. The van der Waals surface area contributed by atoms with Gasteiger partial charge in [-0.15, -0.1) is 0 Å². The van der Waals surface area contributed by atoms with E-state index in [-0.39, 0.29) is 11.8 Å². The number of rotatable bonds is 7. The van der Waals surface area contributed by atoms with Gasteiger partial charge >= 0.3 is 6.09 Å². The summed E-state index contributed by atoms with van der Waals surface area (Å²) in [5, 5.41) is 12.2. The Hall–Kier alpha value is -3.58. The fraction of sp³-hybridized carbons (Fsp3) is 0.379. The molecule has 36 heavy (non-hydrogen) atoms. The second-order valence-corrected chi connectivity index (χ2v) is 10.1. The molecule has 0 aliphatic carbocycles. The largest absolute Gasteiger partial charge is 0.497 e. The number of ether oxygens (including phenoxy) is 2. The van der Waals surface area contributed by atoms with Gasteiger partial charge in [0.1, 0.15) is 11.4 Å². The van der Waals surface area contributed by atoms with Crippen LogP contribution >= 0.6 is 0 Å². The highest BCUT2D eigenvalue weighted by Crippen LogP contribution is 2.35. The lowest BCUT2D eigenvalue weighted by Crippen LogP contribution is -2.26. The van der Waals surface area contributed by atoms with Crippen molar-refractivity contribution in [2.45, 2.75) is 57.7 Å². The van der Waals surface area contributed by atoms with Gasteiger partial charge in [-0.25, -0.2) is 4.79 Å². The van der Waals surface area contributed by atoms with Crippen LogP contribution in [-0.2, 0) is 9.53 Å². The summed E-state index contributed by atoms with van der Waals surface area (Å²) in [5.41, 5.74) is 1.69. The molecule has 2 heterocycles. The Labute approximate surface area is 211 Å². The van der Waals surface area contributed by atoms with E-state index in [1.165, 1.54) is 4.57 Å². The maximum atomic E-state index is 12.9. The van der Waals surface area contributed by atoms with E-state index in [9.17, 15) is 14.7 Å². The summed E-state index contributed by atoms with van der Waals surface area (Å²) in [4.78, 5) is 26.8. The minimum Gasteiger partial charge on any atom is -0.497 e. The monoisotopic (exact) mass is 490 g/mol. The molecule has 0 unspecified atom stereocenters. The van der Waals surface area contributed by atoms with Crippen LogP contribution in [0.5, 0.6) is 5.75 Å². The summed E-state index contributed by atoms with van der Waals surface area (Å²) >= 11 is 0. The lowest BCUT2D eigenvalue weighted by Gasteiger charge is -2.20. The number of allylic oxidation sites excluding steroid dienone is 1. The fourth-order valence-electron chi connectivity index (χ4n) is 4.51. The number of fused-ring (bicyclic) bond motifs is 1. The number of para-hydroxylation sites is 1. The van der Waals surface area contributed by atoms with Crippen LogP contribution in [0.25, 0.3) is 10.9 Å². The molecule has 1 aliphatic heterocycles. The fourth-order valence-corrected chi connectivity index (χ4v) is 4.51. The third-order valence-electron chi connectivity index (χ3n) is 6.32. The predicted molar refractivity (Wildman–Crippen MR) is 139 cm³/mol. The SMILES string of the molecule is COc1ccc([C@@H](/C=C/N2CCCC2=O)C[C@H](O)c2cn(C(=O)OC(C)(C)C)c3ccccc23)cc1. The van der Waals surface area contributed by atoms with Crippen LogP contribution in [-0.4, -0.2) is 45.8 Å². The van der Waals surface area contributed by atoms with Crippen LogP contribution in [0.3, 0.4) is 0 Å². The molecule has 1 fully saturated rings. The Balaban J connectivity index is 1.65. The number of hydrogen-bond donors (Lipinski definition) is 1. The maximum Gasteiger partial charge on any atom is 0.419 e. The highest BCUT2D eigenvalue weighted by molar-refractivity contribution is 5.92. The van der Waals surface area contributed by atoms with E-state index >= 15 is 0 Å². The van der Waals surface area contributed by atoms with E-state index < -0.39 is 17.8 Å². The molecule has 1 saturated heterocycles. The zero-order chi connectivity index (χ0) is 25.9. The van der Waals surface area contributed by atoms with Crippen LogP contribution in [0.4, 0.5) is 4.79 Å². The van der Waals surface area contributed by atoms with Gasteiger partial charge < -0.3 is 19.5 Å². The normalized spacial score (nSPS) is 16.0. The highest BCUT2D eigenvalue weighted by atomic mass is 16.6. The molecule has 0 radical (unpaired) electrons. The first-order valence-corrected chi connectivity index (χ1v) is 12.3. The van der Waals surface area contributed by atoms with Gasteiger partial charge in [0.05, 0.1) is 18.7 Å². The molecule has 4 rings (SSSR count). The molecule has 0 saturated carbocycles. The van der Waals surface area contributed by atoms with E-state index in [1.54, 1.807) is 18.2 Å². The number of aromatic nitrogens is 1. The van der Waals surface area contributed by atoms with E-state index in [2.05, 4.69) is 0 Å². The summed E-state index contributed by atoms with van der Waals surface area (Å²) in [6.07, 6.45) is 5.91. The summed E-state index contributed by atoms with van der Waals surface area (Å²) < 4.78 is 12.3. The minimum absolute atomic E-state index is 0.112. The Morgan fingerprint density at radius 3 is 2.50 bits per heavy atom. The number of aliphatic hydroxyl groups is 1. The third-order valence-corrected chi connectivity index (χ3v) is 6.32. The van der Waals surface area contributed by atoms with E-state index in [0.717, 1.165) is 23.1 Å². The smallest absolute Gasteiger partial charge is 0.419 e. The van der Waals surface area contributed by atoms with Crippen molar-refractivity contribution in [2.75, 3.05) is 13.7 Å². The second kappa shape index (κ2) is 10.6. The van der Waals surface area contributed by atoms with Gasteiger partial charge in [-0.05, 0) is 57.4 Å². The lowest BCUT2D eigenvalue weighted by molar-refractivity contribution is -0.125. The van der Waals surface area contributed by atoms with Gasteiger partial charge in [0.2, 0.25) is 5.91 Å². The maximum absolute atomic E-state index is 12.9. The summed E-state index contributed by atoms with van der Waals surface area (Å²) in [5.74, 6) is 0.695. The van der Waals surface area contributed by atoms with Gasteiger partial charge in [-0.3, -0.25) is 9.36 Å². The van der Waals surface area contributed by atoms with E-state index in [4.69, 9.17) is 9.47 Å². The van der Waals surface area contributed by atoms with Gasteiger partial charge in [-0.2, -0.15) is 0 Å². The lowest BCUT2D eigenvalue weighted by atomic mass is 9.90. The number of nitrogens with zero attached hydrogens (tertiary/aromatic N) is 2. The van der Waals surface area contributed by atoms with Gasteiger partial charge in [0.15, 0.2) is 0 Å². The average molecular weight is 491 g/mol. The van der Waals surface area contributed by atoms with Crippen LogP contribution in [0.2, 0.25) is 0 Å². The number of aliphatic hydroxyl groups excluding tert-OH is 1. The van der Waals surface area contributed by atoms with Crippen molar-refractivity contribution >= 4 is 22.9 Å². The number of methoxy groups -OCH3 is 1. The molecule has 1 aromatic heterocycles. The van der Waals surface area contributed by atoms with Crippen molar-refractivity contribution in [3.63, 3.8) is 0 Å². The van der Waals surface area contributed by atoms with Crippen molar-refractivity contribution in [3.05, 3.63) is 78.1 Å². The Morgan fingerprint density at radius 2 is 1.86 bits per heavy atom. The van der Waals surface area contributed by atoms with Crippen LogP contribution in [0.1, 0.15) is 63.2 Å². The Kier molecular flexibility index (Phi) is 7.50. The number of likely N-dealkylation sites (tertiary alicyclic amines) is 1. The van der Waals surface area contributed by atoms with Crippen molar-refractivity contribution in [3.8, 4) is 5.75 Å². The standard InChI is InChI=1S/C29H34N2O5/c1-29(2,3)36-28(34)31-19-24(23-8-5-6-9-25(23)31)26(32)18-21(15-17-30-16-7-10-27(30)33)20-11-13-22(35-4)14-12-20/h5-6,8-9,11-15,17,19,21,26,32H,7,10,16,18H2,1-4H3/b17-15+/t21-,26-/m0/s1. The van der Waals surface area contributed by atoms with E-state index in [1.807, 2.05) is 81.6 Å². The summed E-state index contributed by atoms with van der Waals surface area (Å²) in [6.45, 7) is 6.17. The molecular weight excluding hydrogens is 456 g/mol. The summed E-state index contributed by atoms with van der Waals surface area (Å²) in [7, 11) is 1.62. The number of carbonyl (C=O) groups excluding carboxylic acids is 2. The van der Waals surface area contributed by atoms with Crippen molar-refractivity contribution < 1.29 is 24.2 Å². The quantitative estimate of drug-likeness (QED) is 0.454. The first-order chi connectivity index (χ1) is 17.2. The molecule has 0 spiro atoms. The molecule has 1 amide bonds. The molecule has 2 atom stereocenters. The van der Waals surface area contributed by atoms with Gasteiger partial charge in [0.25, 0.3) is 0 Å². The van der Waals surface area contributed by atoms with E-state index in [0.29, 0.717) is 30.5 Å². The summed E-state index contributed by atoms with van der Waals surface area (Å²) in [6, 6.07) is 15.2. The minimum atomic E-state index is -0.857. The van der Waals surface area contributed by atoms with Crippen molar-refractivity contribution in [2.24, 2.45) is 0 Å². The highest BCUT2D eigenvalue weighted by Gasteiger charge is 2.25. The zero-order valence-corrected chi connectivity index (χ0v) is 21.3. The molecule has 1 aliphatic rings. The van der Waals surface area contributed by atoms with Gasteiger partial charge in [-0.1, -0.05) is 36.4 Å². The molecule has 190 valence electrons. The van der Waals surface area contributed by atoms with Crippen LogP contribution in [0.15, 0.2) is 67.0 Å². The molecule has 1 N–H and O–H groups in total. The number of amides is 1. The zero-order valence-electron chi connectivity index (χ0n) is 21.3. The molecule has 7 heteroatoms. The van der Waals surface area contributed by atoms with Crippen LogP contribution < -0.4 is 4.74 Å². The molecule has 3 aromatic rings. The first-order valence-electron chi connectivity index (χ1n) is 12.3. The second-order valence-electron chi connectivity index (χ2n) is 10.1. The topological polar surface area (TPSA) is 81.0 Å². The van der Waals surface area contributed by atoms with Gasteiger partial charge in [0, 0.05) is 42.2 Å².